The molecule has 1 N–H and O–H groups in total. The van der Waals surface area contributed by atoms with Gasteiger partial charge in [-0.15, -0.1) is 5.10 Å². The Kier molecular flexibility index (Phi) is 9.27. The molecule has 13 nitrogen and oxygen atoms in total. The third kappa shape index (κ3) is 6.40. The molecule has 48 heavy (non-hydrogen) atoms. The van der Waals surface area contributed by atoms with Gasteiger partial charge in [0.2, 0.25) is 17.6 Å². The van der Waals surface area contributed by atoms with Crippen LogP contribution in [0.15, 0.2) is 35.3 Å². The number of carbonyl (C=O) groups excluding carboxylic acids is 2. The fourth-order valence-electron chi connectivity index (χ4n) is 6.19. The number of piperazine rings is 1. The minimum Gasteiger partial charge on any atom is -0.362 e. The fourth-order valence-corrected chi connectivity index (χ4v) is 6.39. The standard InChI is InChI=1S/C31H34ClF3N10O3/c1-3-19-8-7-11-36-24(19)27(47)42-16-14-41(15-17-42)25-21(4-2)44(30-39-29(40-45(30)28(25)48)43-12-5-6-13-43)18-23(46)37-20-9-10-22(31(33,34)35)38-26(20)32/h7-11H,3-6,12-18H2,1-2H3,(H,37,46). The van der Waals surface area contributed by atoms with Crippen molar-refractivity contribution in [3.63, 3.8) is 0 Å². The zero-order valence-corrected chi connectivity index (χ0v) is 27.2. The van der Waals surface area contributed by atoms with E-state index in [0.29, 0.717) is 62.0 Å². The number of rotatable bonds is 8. The molecular weight excluding hydrogens is 653 g/mol. The predicted molar refractivity (Wildman–Crippen MR) is 173 cm³/mol. The van der Waals surface area contributed by atoms with Crippen LogP contribution in [0, 0.1) is 0 Å². The highest BCUT2D eigenvalue weighted by atomic mass is 35.5. The number of aryl methyl sites for hydroxylation is 1. The Morgan fingerprint density at radius 2 is 1.69 bits per heavy atom. The number of carbonyl (C=O) groups is 2. The lowest BCUT2D eigenvalue weighted by Crippen LogP contribution is -2.51. The van der Waals surface area contributed by atoms with Crippen LogP contribution in [-0.4, -0.2) is 85.1 Å². The number of amides is 2. The van der Waals surface area contributed by atoms with Gasteiger partial charge in [-0.05, 0) is 49.4 Å². The molecule has 2 saturated heterocycles. The Morgan fingerprint density at radius 1 is 0.958 bits per heavy atom. The van der Waals surface area contributed by atoms with Gasteiger partial charge in [-0.3, -0.25) is 19.4 Å². The molecule has 2 fully saturated rings. The summed E-state index contributed by atoms with van der Waals surface area (Å²) in [5, 5.41) is 6.58. The SMILES string of the molecule is CCc1cccnc1C(=O)N1CCN(c2c(CC)n(CC(=O)Nc3ccc(C(F)(F)F)nc3Cl)c3nc(N4CCCC4)nn3c2=O)CC1. The molecule has 0 aromatic carbocycles. The summed E-state index contributed by atoms with van der Waals surface area (Å²) in [5.74, 6) is -0.265. The molecule has 6 rings (SSSR count). The lowest BCUT2D eigenvalue weighted by Gasteiger charge is -2.36. The minimum atomic E-state index is -4.70. The number of hydrogen-bond donors (Lipinski definition) is 1. The van der Waals surface area contributed by atoms with Crippen LogP contribution in [0.3, 0.4) is 0 Å². The first-order valence-corrected chi connectivity index (χ1v) is 16.2. The van der Waals surface area contributed by atoms with Crippen LogP contribution in [-0.2, 0) is 30.4 Å². The molecule has 0 bridgehead atoms. The largest absolute Gasteiger partial charge is 0.433 e. The van der Waals surface area contributed by atoms with Gasteiger partial charge >= 0.3 is 6.18 Å². The van der Waals surface area contributed by atoms with Crippen LogP contribution < -0.4 is 20.7 Å². The van der Waals surface area contributed by atoms with Gasteiger partial charge < -0.3 is 24.6 Å². The van der Waals surface area contributed by atoms with E-state index in [1.807, 2.05) is 29.7 Å². The molecule has 0 aliphatic carbocycles. The van der Waals surface area contributed by atoms with E-state index in [4.69, 9.17) is 11.6 Å². The molecule has 2 amide bonds. The van der Waals surface area contributed by atoms with Crippen LogP contribution >= 0.6 is 11.6 Å². The summed E-state index contributed by atoms with van der Waals surface area (Å²) in [7, 11) is 0. The highest BCUT2D eigenvalue weighted by Crippen LogP contribution is 2.31. The Labute approximate surface area is 278 Å². The van der Waals surface area contributed by atoms with Gasteiger partial charge in [-0.1, -0.05) is 31.5 Å². The van der Waals surface area contributed by atoms with Gasteiger partial charge in [0, 0.05) is 45.5 Å². The number of halogens is 4. The maximum absolute atomic E-state index is 14.1. The van der Waals surface area contributed by atoms with E-state index in [1.165, 1.54) is 4.52 Å². The molecule has 0 atom stereocenters. The van der Waals surface area contributed by atoms with E-state index in [9.17, 15) is 27.6 Å². The number of pyridine rings is 2. The van der Waals surface area contributed by atoms with Crippen LogP contribution in [0.2, 0.25) is 5.15 Å². The second-order valence-corrected chi connectivity index (χ2v) is 11.9. The van der Waals surface area contributed by atoms with Crippen molar-refractivity contribution in [1.29, 1.82) is 0 Å². The summed E-state index contributed by atoms with van der Waals surface area (Å²) in [6.07, 6.45) is -0.179. The van der Waals surface area contributed by atoms with Crippen molar-refractivity contribution in [1.82, 2.24) is 34.0 Å². The number of nitrogens with zero attached hydrogens (tertiary/aromatic N) is 9. The van der Waals surface area contributed by atoms with Crippen molar-refractivity contribution >= 4 is 46.5 Å². The normalized spacial score (nSPS) is 15.4. The summed E-state index contributed by atoms with van der Waals surface area (Å²) in [4.78, 5) is 58.9. The maximum atomic E-state index is 14.1. The predicted octanol–water partition coefficient (Wildman–Crippen LogP) is 3.68. The first kappa shape index (κ1) is 33.2. The molecular formula is C31H34ClF3N10O3. The van der Waals surface area contributed by atoms with Crippen molar-refractivity contribution in [2.24, 2.45) is 0 Å². The van der Waals surface area contributed by atoms with E-state index in [0.717, 1.165) is 43.6 Å². The molecule has 17 heteroatoms. The second kappa shape index (κ2) is 13.4. The molecule has 2 aliphatic heterocycles. The number of anilines is 3. The number of hydrogen-bond acceptors (Lipinski definition) is 9. The topological polar surface area (TPSA) is 134 Å². The lowest BCUT2D eigenvalue weighted by molar-refractivity contribution is -0.141. The van der Waals surface area contributed by atoms with E-state index in [1.54, 1.807) is 21.7 Å². The highest BCUT2D eigenvalue weighted by Gasteiger charge is 2.34. The van der Waals surface area contributed by atoms with E-state index >= 15 is 0 Å². The minimum absolute atomic E-state index is 0.0934. The molecule has 0 saturated carbocycles. The monoisotopic (exact) mass is 686 g/mol. The fraction of sp³-hybridized carbons (Fsp3) is 0.452. The highest BCUT2D eigenvalue weighted by molar-refractivity contribution is 6.32. The summed E-state index contributed by atoms with van der Waals surface area (Å²) in [6, 6.07) is 5.46. The van der Waals surface area contributed by atoms with E-state index < -0.39 is 28.5 Å². The molecule has 6 heterocycles. The Balaban J connectivity index is 1.33. The van der Waals surface area contributed by atoms with Crippen molar-refractivity contribution in [3.05, 3.63) is 68.6 Å². The lowest BCUT2D eigenvalue weighted by atomic mass is 10.1. The van der Waals surface area contributed by atoms with Gasteiger partial charge in [0.1, 0.15) is 23.6 Å². The van der Waals surface area contributed by atoms with Crippen LogP contribution in [0.4, 0.5) is 30.5 Å². The van der Waals surface area contributed by atoms with Crippen LogP contribution in [0.25, 0.3) is 5.78 Å². The Bertz CT molecular complexity index is 1910. The Morgan fingerprint density at radius 3 is 2.33 bits per heavy atom. The van der Waals surface area contributed by atoms with Crippen molar-refractivity contribution < 1.29 is 22.8 Å². The molecule has 0 radical (unpaired) electrons. The number of aromatic nitrogens is 6. The number of fused-ring (bicyclic) bond motifs is 1. The zero-order chi connectivity index (χ0) is 34.2. The van der Waals surface area contributed by atoms with Crippen molar-refractivity contribution in [3.8, 4) is 0 Å². The van der Waals surface area contributed by atoms with Gasteiger partial charge in [0.25, 0.3) is 11.5 Å². The smallest absolute Gasteiger partial charge is 0.362 e. The van der Waals surface area contributed by atoms with E-state index in [2.05, 4.69) is 25.4 Å². The quantitative estimate of drug-likeness (QED) is 0.276. The third-order valence-corrected chi connectivity index (χ3v) is 8.90. The van der Waals surface area contributed by atoms with Crippen LogP contribution in [0.5, 0.6) is 0 Å². The first-order valence-electron chi connectivity index (χ1n) is 15.8. The second-order valence-electron chi connectivity index (χ2n) is 11.6. The van der Waals surface area contributed by atoms with Gasteiger partial charge in [-0.2, -0.15) is 22.7 Å². The van der Waals surface area contributed by atoms with Gasteiger partial charge in [-0.25, -0.2) is 4.98 Å². The summed E-state index contributed by atoms with van der Waals surface area (Å²) >= 11 is 6.01. The van der Waals surface area contributed by atoms with Gasteiger partial charge in [0.05, 0.1) is 11.4 Å². The molecule has 2 aliphatic rings. The molecule has 0 spiro atoms. The molecule has 4 aromatic heterocycles. The average Bonchev–Trinajstić information content (AvgIpc) is 3.77. The molecule has 254 valence electrons. The zero-order valence-electron chi connectivity index (χ0n) is 26.4. The number of nitrogens with one attached hydrogen (secondary N) is 1. The first-order chi connectivity index (χ1) is 23.0. The van der Waals surface area contributed by atoms with Crippen molar-refractivity contribution in [2.45, 2.75) is 52.3 Å². The van der Waals surface area contributed by atoms with Crippen LogP contribution in [0.1, 0.15) is 54.1 Å². The third-order valence-electron chi connectivity index (χ3n) is 8.61. The summed E-state index contributed by atoms with van der Waals surface area (Å²) in [5.41, 5.74) is 0.460. The Hall–Kier alpha value is -4.73. The van der Waals surface area contributed by atoms with Crippen molar-refractivity contribution in [2.75, 3.05) is 54.4 Å². The molecule has 4 aromatic rings. The van der Waals surface area contributed by atoms with E-state index in [-0.39, 0.29) is 23.9 Å². The molecule has 0 unspecified atom stereocenters. The average molecular weight is 687 g/mol. The summed E-state index contributed by atoms with van der Waals surface area (Å²) in [6.45, 7) is 6.31. The number of alkyl halides is 3. The summed E-state index contributed by atoms with van der Waals surface area (Å²) < 4.78 is 42.1. The van der Waals surface area contributed by atoms with Gasteiger partial charge in [0.15, 0.2) is 5.15 Å². The maximum Gasteiger partial charge on any atom is 0.433 e.